The number of hydrogen-bond donors (Lipinski definition) is 2. The molecule has 0 aromatic heterocycles. The van der Waals surface area contributed by atoms with Crippen LogP contribution in [0.25, 0.3) is 0 Å². The predicted molar refractivity (Wildman–Crippen MR) is 81.3 cm³/mol. The summed E-state index contributed by atoms with van der Waals surface area (Å²) in [5.41, 5.74) is 0.292. The lowest BCUT2D eigenvalue weighted by atomic mass is 10.1. The van der Waals surface area contributed by atoms with Crippen molar-refractivity contribution in [2.75, 3.05) is 20.3 Å². The molecule has 0 atom stereocenters. The molecule has 0 spiro atoms. The predicted octanol–water partition coefficient (Wildman–Crippen LogP) is 2.59. The van der Waals surface area contributed by atoms with Gasteiger partial charge in [0.05, 0.1) is 12.7 Å². The maximum absolute atomic E-state index is 9.69. The maximum atomic E-state index is 9.69. The van der Waals surface area contributed by atoms with E-state index >= 15 is 0 Å². The van der Waals surface area contributed by atoms with Crippen molar-refractivity contribution in [1.82, 2.24) is 5.32 Å². The molecule has 0 fully saturated rings. The van der Waals surface area contributed by atoms with Gasteiger partial charge in [-0.15, -0.1) is 0 Å². The van der Waals surface area contributed by atoms with Crippen molar-refractivity contribution < 1.29 is 14.6 Å². The van der Waals surface area contributed by atoms with Gasteiger partial charge in [0, 0.05) is 6.54 Å². The maximum Gasteiger partial charge on any atom is 0.161 e. The third-order valence-electron chi connectivity index (χ3n) is 2.69. The quantitative estimate of drug-likeness (QED) is 0.769. The number of aliphatic hydroxyl groups is 1. The van der Waals surface area contributed by atoms with Crippen molar-refractivity contribution in [3.8, 4) is 11.5 Å². The molecule has 1 rings (SSSR count). The molecule has 0 saturated heterocycles. The minimum Gasteiger partial charge on any atom is -0.493 e. The van der Waals surface area contributed by atoms with E-state index in [9.17, 15) is 5.11 Å². The van der Waals surface area contributed by atoms with Gasteiger partial charge < -0.3 is 19.9 Å². The molecule has 2 N–H and O–H groups in total. The van der Waals surface area contributed by atoms with Crippen molar-refractivity contribution >= 4 is 0 Å². The SMILES string of the molecule is COc1cc(CNCC(C)C)ccc1OCC(C)(C)O. The summed E-state index contributed by atoms with van der Waals surface area (Å²) in [5, 5.41) is 13.1. The normalized spacial score (nSPS) is 11.8. The fourth-order valence-corrected chi connectivity index (χ4v) is 1.70. The van der Waals surface area contributed by atoms with Gasteiger partial charge in [-0.05, 0) is 44.0 Å². The zero-order chi connectivity index (χ0) is 15.2. The minimum atomic E-state index is -0.859. The van der Waals surface area contributed by atoms with Crippen LogP contribution in [0.3, 0.4) is 0 Å². The average Bonchev–Trinajstić information content (AvgIpc) is 2.35. The molecule has 0 bridgehead atoms. The number of benzene rings is 1. The van der Waals surface area contributed by atoms with E-state index in [1.807, 2.05) is 18.2 Å². The number of hydrogen-bond acceptors (Lipinski definition) is 4. The van der Waals surface area contributed by atoms with Gasteiger partial charge in [-0.1, -0.05) is 19.9 Å². The number of methoxy groups -OCH3 is 1. The van der Waals surface area contributed by atoms with Crippen LogP contribution in [0.15, 0.2) is 18.2 Å². The molecular formula is C16H27NO3. The first-order chi connectivity index (χ1) is 9.31. The van der Waals surface area contributed by atoms with Crippen molar-refractivity contribution in [3.63, 3.8) is 0 Å². The lowest BCUT2D eigenvalue weighted by Crippen LogP contribution is -2.28. The molecule has 0 heterocycles. The van der Waals surface area contributed by atoms with Crippen LogP contribution in [0.1, 0.15) is 33.3 Å². The lowest BCUT2D eigenvalue weighted by molar-refractivity contribution is 0.0276. The monoisotopic (exact) mass is 281 g/mol. The van der Waals surface area contributed by atoms with Crippen LogP contribution >= 0.6 is 0 Å². The molecule has 0 unspecified atom stereocenters. The zero-order valence-electron chi connectivity index (χ0n) is 13.2. The molecule has 4 heteroatoms. The standard InChI is InChI=1S/C16H27NO3/c1-12(2)9-17-10-13-6-7-14(15(8-13)19-5)20-11-16(3,4)18/h6-8,12,17-18H,9-11H2,1-5H3. The van der Waals surface area contributed by atoms with E-state index in [1.54, 1.807) is 21.0 Å². The first-order valence-electron chi connectivity index (χ1n) is 7.04. The summed E-state index contributed by atoms with van der Waals surface area (Å²) in [6, 6.07) is 5.86. The molecule has 0 saturated carbocycles. The van der Waals surface area contributed by atoms with Gasteiger partial charge in [0.1, 0.15) is 6.61 Å². The average molecular weight is 281 g/mol. The van der Waals surface area contributed by atoms with E-state index < -0.39 is 5.60 Å². The highest BCUT2D eigenvalue weighted by atomic mass is 16.5. The Balaban J connectivity index is 2.65. The summed E-state index contributed by atoms with van der Waals surface area (Å²) >= 11 is 0. The van der Waals surface area contributed by atoms with E-state index in [4.69, 9.17) is 9.47 Å². The Morgan fingerprint density at radius 1 is 1.25 bits per heavy atom. The summed E-state index contributed by atoms with van der Waals surface area (Å²) < 4.78 is 10.9. The molecule has 0 aliphatic heterocycles. The van der Waals surface area contributed by atoms with Crippen LogP contribution < -0.4 is 14.8 Å². The third kappa shape index (κ3) is 6.26. The first-order valence-corrected chi connectivity index (χ1v) is 7.04. The summed E-state index contributed by atoms with van der Waals surface area (Å²) in [6.45, 7) is 9.81. The second-order valence-corrected chi connectivity index (χ2v) is 6.11. The van der Waals surface area contributed by atoms with Gasteiger partial charge in [0.25, 0.3) is 0 Å². The fourth-order valence-electron chi connectivity index (χ4n) is 1.70. The highest BCUT2D eigenvalue weighted by Crippen LogP contribution is 2.28. The van der Waals surface area contributed by atoms with E-state index in [1.165, 1.54) is 0 Å². The first kappa shape index (κ1) is 16.8. The largest absolute Gasteiger partial charge is 0.493 e. The van der Waals surface area contributed by atoms with Crippen molar-refractivity contribution in [2.24, 2.45) is 5.92 Å². The van der Waals surface area contributed by atoms with Gasteiger partial charge in [-0.25, -0.2) is 0 Å². The summed E-state index contributed by atoms with van der Waals surface area (Å²) in [6.07, 6.45) is 0. The van der Waals surface area contributed by atoms with Crippen molar-refractivity contribution in [2.45, 2.75) is 39.8 Å². The molecule has 114 valence electrons. The lowest BCUT2D eigenvalue weighted by Gasteiger charge is -2.19. The summed E-state index contributed by atoms with van der Waals surface area (Å²) in [7, 11) is 1.62. The Kier molecular flexibility index (Phi) is 6.30. The van der Waals surface area contributed by atoms with E-state index in [0.29, 0.717) is 17.4 Å². The van der Waals surface area contributed by atoms with Crippen LogP contribution in [0.4, 0.5) is 0 Å². The Bertz CT molecular complexity index is 411. The Morgan fingerprint density at radius 2 is 1.95 bits per heavy atom. The highest BCUT2D eigenvalue weighted by Gasteiger charge is 2.15. The third-order valence-corrected chi connectivity index (χ3v) is 2.69. The van der Waals surface area contributed by atoms with Gasteiger partial charge >= 0.3 is 0 Å². The second kappa shape index (κ2) is 7.50. The molecule has 0 amide bonds. The van der Waals surface area contributed by atoms with Crippen molar-refractivity contribution in [3.05, 3.63) is 23.8 Å². The molecule has 1 aromatic carbocycles. The van der Waals surface area contributed by atoms with Crippen LogP contribution in [-0.2, 0) is 6.54 Å². The Labute approximate surface area is 122 Å². The smallest absolute Gasteiger partial charge is 0.161 e. The minimum absolute atomic E-state index is 0.230. The molecule has 4 nitrogen and oxygen atoms in total. The van der Waals surface area contributed by atoms with Crippen LogP contribution in [0.2, 0.25) is 0 Å². The zero-order valence-corrected chi connectivity index (χ0v) is 13.2. The summed E-state index contributed by atoms with van der Waals surface area (Å²) in [4.78, 5) is 0. The second-order valence-electron chi connectivity index (χ2n) is 6.11. The summed E-state index contributed by atoms with van der Waals surface area (Å²) in [5.74, 6) is 1.98. The number of rotatable bonds is 8. The van der Waals surface area contributed by atoms with Crippen LogP contribution in [0.5, 0.6) is 11.5 Å². The topological polar surface area (TPSA) is 50.7 Å². The molecule has 0 aliphatic rings. The number of ether oxygens (including phenoxy) is 2. The van der Waals surface area contributed by atoms with Gasteiger partial charge in [0.15, 0.2) is 11.5 Å². The van der Waals surface area contributed by atoms with Crippen LogP contribution in [-0.4, -0.2) is 31.0 Å². The van der Waals surface area contributed by atoms with Crippen LogP contribution in [0, 0.1) is 5.92 Å². The number of nitrogens with one attached hydrogen (secondary N) is 1. The van der Waals surface area contributed by atoms with Crippen molar-refractivity contribution in [1.29, 1.82) is 0 Å². The molecule has 0 radical (unpaired) electrons. The van der Waals surface area contributed by atoms with E-state index in [2.05, 4.69) is 19.2 Å². The Hall–Kier alpha value is -1.26. The molecule has 0 aliphatic carbocycles. The van der Waals surface area contributed by atoms with E-state index in [-0.39, 0.29) is 6.61 Å². The van der Waals surface area contributed by atoms with Gasteiger partial charge in [0.2, 0.25) is 0 Å². The molecule has 1 aromatic rings. The van der Waals surface area contributed by atoms with E-state index in [0.717, 1.165) is 18.7 Å². The molecule has 20 heavy (non-hydrogen) atoms. The van der Waals surface area contributed by atoms with Gasteiger partial charge in [-0.2, -0.15) is 0 Å². The Morgan fingerprint density at radius 3 is 2.50 bits per heavy atom. The highest BCUT2D eigenvalue weighted by molar-refractivity contribution is 5.43. The molecular weight excluding hydrogens is 254 g/mol. The van der Waals surface area contributed by atoms with Gasteiger partial charge in [-0.3, -0.25) is 0 Å². The fraction of sp³-hybridized carbons (Fsp3) is 0.625.